The summed E-state index contributed by atoms with van der Waals surface area (Å²) in [6.45, 7) is 0.650. The van der Waals surface area contributed by atoms with Crippen LogP contribution in [0.2, 0.25) is 0 Å². The first-order valence-corrected chi connectivity index (χ1v) is 7.32. The summed E-state index contributed by atoms with van der Waals surface area (Å²) >= 11 is 0. The van der Waals surface area contributed by atoms with Crippen LogP contribution in [0.25, 0.3) is 0 Å². The zero-order valence-electron chi connectivity index (χ0n) is 12.0. The van der Waals surface area contributed by atoms with Crippen LogP contribution in [0.5, 0.6) is 0 Å². The normalized spacial score (nSPS) is 19.3. The van der Waals surface area contributed by atoms with Gasteiger partial charge in [-0.1, -0.05) is 30.8 Å². The van der Waals surface area contributed by atoms with Crippen LogP contribution in [0.15, 0.2) is 4.52 Å². The van der Waals surface area contributed by atoms with Gasteiger partial charge in [0.25, 0.3) is 0 Å². The molecule has 0 amide bonds. The molecule has 108 valence electrons. The van der Waals surface area contributed by atoms with Crippen LogP contribution in [0.4, 0.5) is 0 Å². The smallest absolute Gasteiger partial charge is 0.228 e. The Morgan fingerprint density at radius 3 is 2.68 bits per heavy atom. The molecule has 0 aromatic carbocycles. The number of hydrogen-bond acceptors (Lipinski definition) is 5. The quantitative estimate of drug-likeness (QED) is 0.801. The third-order valence-electron chi connectivity index (χ3n) is 3.90. The van der Waals surface area contributed by atoms with Gasteiger partial charge in [-0.3, -0.25) is 0 Å². The number of likely N-dealkylation sites (N-methyl/N-ethyl adjacent to an activating group) is 1. The van der Waals surface area contributed by atoms with Gasteiger partial charge in [-0.15, -0.1) is 0 Å². The molecule has 1 atom stereocenters. The Kier molecular flexibility index (Phi) is 5.79. The van der Waals surface area contributed by atoms with Crippen molar-refractivity contribution in [3.8, 4) is 0 Å². The molecule has 1 N–H and O–H groups in total. The molecule has 1 fully saturated rings. The van der Waals surface area contributed by atoms with Gasteiger partial charge in [0.2, 0.25) is 5.89 Å². The van der Waals surface area contributed by atoms with Crippen LogP contribution in [0.1, 0.15) is 56.2 Å². The fourth-order valence-electron chi connectivity index (χ4n) is 2.71. The molecular formula is C14H25N3O2. The number of methoxy groups -OCH3 is 1. The molecule has 2 rings (SSSR count). The summed E-state index contributed by atoms with van der Waals surface area (Å²) in [5.41, 5.74) is 0. The summed E-state index contributed by atoms with van der Waals surface area (Å²) in [5.74, 6) is 2.12. The number of nitrogens with zero attached hydrogens (tertiary/aromatic N) is 2. The zero-order chi connectivity index (χ0) is 13.5. The van der Waals surface area contributed by atoms with Gasteiger partial charge in [-0.25, -0.2) is 0 Å². The van der Waals surface area contributed by atoms with E-state index in [-0.39, 0.29) is 6.04 Å². The molecular weight excluding hydrogens is 242 g/mol. The number of hydrogen-bond donors (Lipinski definition) is 1. The molecule has 0 aliphatic heterocycles. The second-order valence-electron chi connectivity index (χ2n) is 5.38. The Balaban J connectivity index is 1.93. The maximum absolute atomic E-state index is 5.38. The molecule has 1 heterocycles. The molecule has 0 spiro atoms. The molecule has 1 aromatic heterocycles. The van der Waals surface area contributed by atoms with Crippen molar-refractivity contribution in [1.29, 1.82) is 0 Å². The molecule has 0 bridgehead atoms. The van der Waals surface area contributed by atoms with E-state index in [0.717, 1.165) is 18.1 Å². The average molecular weight is 267 g/mol. The summed E-state index contributed by atoms with van der Waals surface area (Å²) in [4.78, 5) is 4.57. The minimum Gasteiger partial charge on any atom is -0.383 e. The Morgan fingerprint density at radius 2 is 2.05 bits per heavy atom. The van der Waals surface area contributed by atoms with Crippen molar-refractivity contribution in [1.82, 2.24) is 15.5 Å². The minimum absolute atomic E-state index is 0.229. The Hall–Kier alpha value is -0.940. The zero-order valence-corrected chi connectivity index (χ0v) is 12.0. The highest BCUT2D eigenvalue weighted by Crippen LogP contribution is 2.29. The molecule has 5 heteroatoms. The van der Waals surface area contributed by atoms with E-state index in [1.54, 1.807) is 7.11 Å². The highest BCUT2D eigenvalue weighted by molar-refractivity contribution is 4.97. The van der Waals surface area contributed by atoms with Gasteiger partial charge in [-0.05, 0) is 19.9 Å². The van der Waals surface area contributed by atoms with Crippen molar-refractivity contribution in [3.63, 3.8) is 0 Å². The van der Waals surface area contributed by atoms with Gasteiger partial charge in [0.1, 0.15) is 0 Å². The summed E-state index contributed by atoms with van der Waals surface area (Å²) < 4.78 is 10.5. The Bertz CT molecular complexity index is 359. The number of rotatable bonds is 6. The van der Waals surface area contributed by atoms with E-state index in [0.29, 0.717) is 12.5 Å². The Morgan fingerprint density at radius 1 is 1.32 bits per heavy atom. The molecule has 5 nitrogen and oxygen atoms in total. The summed E-state index contributed by atoms with van der Waals surface area (Å²) in [5, 5.41) is 7.37. The van der Waals surface area contributed by atoms with Crippen molar-refractivity contribution in [2.45, 2.75) is 56.9 Å². The van der Waals surface area contributed by atoms with E-state index in [9.17, 15) is 0 Å². The van der Waals surface area contributed by atoms with Gasteiger partial charge in [0.15, 0.2) is 5.82 Å². The van der Waals surface area contributed by atoms with E-state index in [2.05, 4.69) is 15.5 Å². The van der Waals surface area contributed by atoms with Crippen molar-refractivity contribution >= 4 is 0 Å². The fraction of sp³-hybridized carbons (Fsp3) is 0.857. The van der Waals surface area contributed by atoms with E-state index in [1.165, 1.54) is 38.5 Å². The molecule has 1 aliphatic rings. The van der Waals surface area contributed by atoms with Gasteiger partial charge < -0.3 is 14.6 Å². The number of ether oxygens (including phenoxy) is 1. The molecule has 1 unspecified atom stereocenters. The van der Waals surface area contributed by atoms with Crippen LogP contribution in [0, 0.1) is 0 Å². The average Bonchev–Trinajstić information content (AvgIpc) is 2.72. The number of nitrogens with one attached hydrogen (secondary N) is 1. The van der Waals surface area contributed by atoms with Crippen LogP contribution in [-0.2, 0) is 11.2 Å². The lowest BCUT2D eigenvalue weighted by molar-refractivity contribution is 0.165. The van der Waals surface area contributed by atoms with E-state index in [4.69, 9.17) is 9.26 Å². The standard InChI is InChI=1S/C14H25N3O2/c1-15-12(10-18-2)9-13-16-14(17-19-13)11-7-5-3-4-6-8-11/h11-12,15H,3-10H2,1-2H3. The van der Waals surface area contributed by atoms with Gasteiger partial charge in [0, 0.05) is 25.5 Å². The first kappa shape index (κ1) is 14.5. The molecule has 0 saturated heterocycles. The summed E-state index contributed by atoms with van der Waals surface area (Å²) in [6.07, 6.45) is 8.39. The molecule has 19 heavy (non-hydrogen) atoms. The molecule has 0 radical (unpaired) electrons. The van der Waals surface area contributed by atoms with Crippen LogP contribution < -0.4 is 5.32 Å². The first-order chi connectivity index (χ1) is 9.33. The number of aromatic nitrogens is 2. The maximum Gasteiger partial charge on any atom is 0.228 e. The van der Waals surface area contributed by atoms with Gasteiger partial charge in [-0.2, -0.15) is 4.98 Å². The van der Waals surface area contributed by atoms with Crippen LogP contribution >= 0.6 is 0 Å². The third kappa shape index (κ3) is 4.28. The third-order valence-corrected chi connectivity index (χ3v) is 3.90. The topological polar surface area (TPSA) is 60.2 Å². The van der Waals surface area contributed by atoms with Crippen LogP contribution in [0.3, 0.4) is 0 Å². The van der Waals surface area contributed by atoms with Gasteiger partial charge >= 0.3 is 0 Å². The minimum atomic E-state index is 0.229. The SMILES string of the molecule is CNC(COC)Cc1nc(C2CCCCCC2)no1. The van der Waals surface area contributed by atoms with Crippen molar-refractivity contribution in [2.24, 2.45) is 0 Å². The predicted molar refractivity (Wildman–Crippen MR) is 73.2 cm³/mol. The monoisotopic (exact) mass is 267 g/mol. The second kappa shape index (κ2) is 7.60. The lowest BCUT2D eigenvalue weighted by Crippen LogP contribution is -2.32. The molecule has 1 aliphatic carbocycles. The van der Waals surface area contributed by atoms with E-state index < -0.39 is 0 Å². The Labute approximate surface area is 115 Å². The van der Waals surface area contributed by atoms with Crippen molar-refractivity contribution in [2.75, 3.05) is 20.8 Å². The highest BCUT2D eigenvalue weighted by atomic mass is 16.5. The van der Waals surface area contributed by atoms with E-state index in [1.807, 2.05) is 7.05 Å². The lowest BCUT2D eigenvalue weighted by atomic mass is 10.00. The van der Waals surface area contributed by atoms with Crippen LogP contribution in [-0.4, -0.2) is 36.9 Å². The van der Waals surface area contributed by atoms with Crippen molar-refractivity contribution < 1.29 is 9.26 Å². The fourth-order valence-corrected chi connectivity index (χ4v) is 2.71. The van der Waals surface area contributed by atoms with E-state index >= 15 is 0 Å². The highest BCUT2D eigenvalue weighted by Gasteiger charge is 2.21. The van der Waals surface area contributed by atoms with Gasteiger partial charge in [0.05, 0.1) is 6.61 Å². The molecule has 1 aromatic rings. The first-order valence-electron chi connectivity index (χ1n) is 7.32. The maximum atomic E-state index is 5.38. The second-order valence-corrected chi connectivity index (χ2v) is 5.38. The summed E-state index contributed by atoms with van der Waals surface area (Å²) in [7, 11) is 3.63. The lowest BCUT2D eigenvalue weighted by Gasteiger charge is -2.11. The predicted octanol–water partition coefficient (Wildman–Crippen LogP) is 2.28. The molecule has 1 saturated carbocycles. The van der Waals surface area contributed by atoms with Crippen molar-refractivity contribution in [3.05, 3.63) is 11.7 Å². The summed E-state index contributed by atoms with van der Waals surface area (Å²) in [6, 6.07) is 0.229. The largest absolute Gasteiger partial charge is 0.383 e.